The van der Waals surface area contributed by atoms with E-state index in [4.69, 9.17) is 14.2 Å². The molecule has 8 heteroatoms. The molecule has 0 bridgehead atoms. The lowest BCUT2D eigenvalue weighted by atomic mass is 10.2. The summed E-state index contributed by atoms with van der Waals surface area (Å²) < 4.78 is 15.8. The quantitative estimate of drug-likeness (QED) is 0.582. The third-order valence-electron chi connectivity index (χ3n) is 3.18. The Labute approximate surface area is 142 Å². The molecule has 2 aromatic carbocycles. The molecule has 0 saturated heterocycles. The second-order valence-electron chi connectivity index (χ2n) is 4.48. The zero-order valence-corrected chi connectivity index (χ0v) is 14.0. The van der Waals surface area contributed by atoms with Gasteiger partial charge in [0.15, 0.2) is 11.5 Å². The van der Waals surface area contributed by atoms with Gasteiger partial charge in [-0.2, -0.15) is 5.26 Å². The van der Waals surface area contributed by atoms with Crippen molar-refractivity contribution in [1.29, 1.82) is 5.26 Å². The van der Waals surface area contributed by atoms with E-state index in [1.54, 1.807) is 24.3 Å². The summed E-state index contributed by atoms with van der Waals surface area (Å²) in [4.78, 5) is 11.7. The summed E-state index contributed by atoms with van der Waals surface area (Å²) in [6.07, 6.45) is 0. The molecule has 0 fully saturated rings. The molecule has 0 aliphatic heterocycles. The van der Waals surface area contributed by atoms with Crippen LogP contribution in [-0.2, 0) is 0 Å². The van der Waals surface area contributed by atoms with Crippen LogP contribution in [0.3, 0.4) is 0 Å². The second-order valence-corrected chi connectivity index (χ2v) is 5.60. The molecule has 0 amide bonds. The highest BCUT2D eigenvalue weighted by Gasteiger charge is 2.19. The van der Waals surface area contributed by atoms with Crippen LogP contribution >= 0.6 is 11.8 Å². The van der Waals surface area contributed by atoms with Gasteiger partial charge in [0, 0.05) is 15.9 Å². The molecule has 0 aliphatic rings. The number of rotatable bonds is 6. The van der Waals surface area contributed by atoms with Crippen LogP contribution in [0.15, 0.2) is 40.1 Å². The Kier molecular flexibility index (Phi) is 5.50. The van der Waals surface area contributed by atoms with Crippen molar-refractivity contribution in [2.24, 2.45) is 0 Å². The largest absolute Gasteiger partial charge is 0.493 e. The Bertz CT molecular complexity index is 792. The topological polar surface area (TPSA) is 94.6 Å². The predicted molar refractivity (Wildman–Crippen MR) is 88.0 cm³/mol. The summed E-state index contributed by atoms with van der Waals surface area (Å²) in [7, 11) is 4.50. The molecule has 2 rings (SSSR count). The first-order chi connectivity index (χ1) is 11.5. The Balaban J connectivity index is 2.51. The third kappa shape index (κ3) is 3.36. The average molecular weight is 346 g/mol. The number of nitro groups is 1. The summed E-state index contributed by atoms with van der Waals surface area (Å²) in [5.74, 6) is 1.37. The van der Waals surface area contributed by atoms with Gasteiger partial charge in [-0.15, -0.1) is 0 Å². The SMILES string of the molecule is COc1cc(Sc2cccc([N+](=O)[O-])c2C#N)cc(OC)c1OC. The fourth-order valence-electron chi connectivity index (χ4n) is 2.11. The number of benzene rings is 2. The minimum Gasteiger partial charge on any atom is -0.493 e. The van der Waals surface area contributed by atoms with Gasteiger partial charge in [-0.05, 0) is 18.2 Å². The first-order valence-corrected chi connectivity index (χ1v) is 7.52. The van der Waals surface area contributed by atoms with Crippen molar-refractivity contribution >= 4 is 17.4 Å². The predicted octanol–water partition coefficient (Wildman–Crippen LogP) is 3.64. The Hall–Kier alpha value is -2.92. The molecule has 0 aromatic heterocycles. The molecule has 2 aromatic rings. The third-order valence-corrected chi connectivity index (χ3v) is 4.21. The van der Waals surface area contributed by atoms with Gasteiger partial charge in [-0.3, -0.25) is 10.1 Å². The second kappa shape index (κ2) is 7.57. The Morgan fingerprint density at radius 1 is 1.12 bits per heavy atom. The average Bonchev–Trinajstić information content (AvgIpc) is 2.60. The van der Waals surface area contributed by atoms with E-state index in [1.807, 2.05) is 6.07 Å². The number of hydrogen-bond donors (Lipinski definition) is 0. The van der Waals surface area contributed by atoms with Crippen molar-refractivity contribution in [2.75, 3.05) is 21.3 Å². The summed E-state index contributed by atoms with van der Waals surface area (Å²) in [6.45, 7) is 0. The molecule has 0 atom stereocenters. The summed E-state index contributed by atoms with van der Waals surface area (Å²) in [5.41, 5.74) is -0.212. The number of nitrogens with zero attached hydrogens (tertiary/aromatic N) is 2. The van der Waals surface area contributed by atoms with Crippen molar-refractivity contribution in [1.82, 2.24) is 0 Å². The highest BCUT2D eigenvalue weighted by Crippen LogP contribution is 2.43. The zero-order valence-electron chi connectivity index (χ0n) is 13.2. The minimum atomic E-state index is -0.572. The lowest BCUT2D eigenvalue weighted by molar-refractivity contribution is -0.385. The van der Waals surface area contributed by atoms with Crippen molar-refractivity contribution < 1.29 is 19.1 Å². The number of nitriles is 1. The molecule has 0 saturated carbocycles. The van der Waals surface area contributed by atoms with E-state index in [2.05, 4.69) is 0 Å². The van der Waals surface area contributed by atoms with Crippen molar-refractivity contribution in [3.05, 3.63) is 46.0 Å². The van der Waals surface area contributed by atoms with E-state index < -0.39 is 4.92 Å². The van der Waals surface area contributed by atoms with Crippen LogP contribution < -0.4 is 14.2 Å². The van der Waals surface area contributed by atoms with Crippen LogP contribution in [0.4, 0.5) is 5.69 Å². The van der Waals surface area contributed by atoms with E-state index >= 15 is 0 Å². The van der Waals surface area contributed by atoms with Crippen molar-refractivity contribution in [2.45, 2.75) is 9.79 Å². The molecular weight excluding hydrogens is 332 g/mol. The van der Waals surface area contributed by atoms with Crippen LogP contribution in [0.25, 0.3) is 0 Å². The van der Waals surface area contributed by atoms with Crippen LogP contribution in [0.2, 0.25) is 0 Å². The summed E-state index contributed by atoms with van der Waals surface area (Å²) in [6, 6.07) is 9.82. The fraction of sp³-hybridized carbons (Fsp3) is 0.188. The van der Waals surface area contributed by atoms with Crippen LogP contribution in [0.5, 0.6) is 17.2 Å². The van der Waals surface area contributed by atoms with E-state index in [0.29, 0.717) is 27.0 Å². The smallest absolute Gasteiger partial charge is 0.288 e. The molecular formula is C16H14N2O5S. The molecule has 24 heavy (non-hydrogen) atoms. The maximum atomic E-state index is 11.1. The minimum absolute atomic E-state index is 0.0150. The van der Waals surface area contributed by atoms with Gasteiger partial charge in [-0.25, -0.2) is 0 Å². The Morgan fingerprint density at radius 3 is 2.21 bits per heavy atom. The summed E-state index contributed by atoms with van der Waals surface area (Å²) >= 11 is 1.21. The number of nitro benzene ring substituents is 1. The summed E-state index contributed by atoms with van der Waals surface area (Å²) in [5, 5.41) is 20.3. The van der Waals surface area contributed by atoms with Gasteiger partial charge >= 0.3 is 0 Å². The van der Waals surface area contributed by atoms with Gasteiger partial charge < -0.3 is 14.2 Å². The molecule has 0 aliphatic carbocycles. The monoisotopic (exact) mass is 346 g/mol. The molecule has 7 nitrogen and oxygen atoms in total. The van der Waals surface area contributed by atoms with E-state index in [1.165, 1.54) is 39.2 Å². The first-order valence-electron chi connectivity index (χ1n) is 6.71. The van der Waals surface area contributed by atoms with E-state index in [0.717, 1.165) is 0 Å². The fourth-order valence-corrected chi connectivity index (χ4v) is 3.10. The number of methoxy groups -OCH3 is 3. The van der Waals surface area contributed by atoms with Crippen LogP contribution in [-0.4, -0.2) is 26.3 Å². The Morgan fingerprint density at radius 2 is 1.75 bits per heavy atom. The van der Waals surface area contributed by atoms with Gasteiger partial charge in [0.1, 0.15) is 11.6 Å². The number of ether oxygens (including phenoxy) is 3. The van der Waals surface area contributed by atoms with Gasteiger partial charge in [0.25, 0.3) is 5.69 Å². The van der Waals surface area contributed by atoms with Crippen molar-refractivity contribution in [3.8, 4) is 23.3 Å². The van der Waals surface area contributed by atoms with E-state index in [-0.39, 0.29) is 11.3 Å². The molecule has 0 radical (unpaired) electrons. The normalized spacial score (nSPS) is 9.92. The maximum Gasteiger partial charge on any atom is 0.288 e. The van der Waals surface area contributed by atoms with Gasteiger partial charge in [-0.1, -0.05) is 17.8 Å². The highest BCUT2D eigenvalue weighted by molar-refractivity contribution is 7.99. The standard InChI is InChI=1S/C16H14N2O5S/c1-21-13-7-10(8-14(22-2)16(13)23-3)24-15-6-4-5-12(18(19)20)11(15)9-17/h4-8H,1-3H3. The lowest BCUT2D eigenvalue weighted by Crippen LogP contribution is -1.96. The van der Waals surface area contributed by atoms with Gasteiger partial charge in [0.05, 0.1) is 26.3 Å². The van der Waals surface area contributed by atoms with Crippen LogP contribution in [0, 0.1) is 21.4 Å². The lowest BCUT2D eigenvalue weighted by Gasteiger charge is -2.14. The first kappa shape index (κ1) is 17.4. The molecule has 0 heterocycles. The number of hydrogen-bond acceptors (Lipinski definition) is 7. The maximum absolute atomic E-state index is 11.1. The molecule has 0 spiro atoms. The van der Waals surface area contributed by atoms with Gasteiger partial charge in [0.2, 0.25) is 5.75 Å². The zero-order chi connectivity index (χ0) is 17.7. The van der Waals surface area contributed by atoms with E-state index in [9.17, 15) is 15.4 Å². The molecule has 0 unspecified atom stereocenters. The molecule has 0 N–H and O–H groups in total. The van der Waals surface area contributed by atoms with Crippen LogP contribution in [0.1, 0.15) is 5.56 Å². The van der Waals surface area contributed by atoms with Crippen molar-refractivity contribution in [3.63, 3.8) is 0 Å². The molecule has 124 valence electrons. The highest BCUT2D eigenvalue weighted by atomic mass is 32.2.